The molecule has 0 aromatic heterocycles. The maximum atomic E-state index is 7.01. The fourth-order valence-corrected chi connectivity index (χ4v) is 6.78. The van der Waals surface area contributed by atoms with Crippen molar-refractivity contribution >= 4 is 11.6 Å². The van der Waals surface area contributed by atoms with Crippen molar-refractivity contribution < 1.29 is 33.2 Å². The van der Waals surface area contributed by atoms with Gasteiger partial charge in [-0.25, -0.2) is 0 Å². The molecule has 53 heavy (non-hydrogen) atoms. The number of methoxy groups -OCH3 is 1. The normalized spacial score (nSPS) is 19.8. The molecule has 1 saturated heterocycles. The standard InChI is InChI=1S/C45H47ClO7/c1-4-49-40-23-20-34(21-24-40)26-38-27-39(22-25-41(38)46)45(31-48-32-47-3)44(52-30-37-18-12-7-13-19-37)43(51-29-36-16-10-6-11-17-36)42(33(2)53-45)50-28-35-14-8-5-9-15-35/h5-25,27,42-44H,2,4,26,28-32H2,1,3H3/t42-,43+,44-,45+/m1/s1. The van der Waals surface area contributed by atoms with E-state index < -0.39 is 23.9 Å². The van der Waals surface area contributed by atoms with Crippen molar-refractivity contribution in [2.45, 2.75) is 57.1 Å². The molecule has 6 rings (SSSR count). The monoisotopic (exact) mass is 734 g/mol. The largest absolute Gasteiger partial charge is 0.494 e. The van der Waals surface area contributed by atoms with Gasteiger partial charge in [0.05, 0.1) is 33.0 Å². The van der Waals surface area contributed by atoms with Crippen molar-refractivity contribution in [3.05, 3.63) is 184 Å². The number of hydrogen-bond acceptors (Lipinski definition) is 7. The summed E-state index contributed by atoms with van der Waals surface area (Å²) in [6.45, 7) is 8.05. The zero-order valence-corrected chi connectivity index (χ0v) is 31.1. The summed E-state index contributed by atoms with van der Waals surface area (Å²) in [7, 11) is 1.59. The van der Waals surface area contributed by atoms with Gasteiger partial charge in [-0.15, -0.1) is 0 Å². The first-order valence-electron chi connectivity index (χ1n) is 17.9. The van der Waals surface area contributed by atoms with E-state index in [9.17, 15) is 0 Å². The minimum Gasteiger partial charge on any atom is -0.494 e. The fourth-order valence-electron chi connectivity index (χ4n) is 6.59. The lowest BCUT2D eigenvalue weighted by atomic mass is 9.80. The predicted octanol–water partition coefficient (Wildman–Crippen LogP) is 9.45. The Balaban J connectivity index is 1.43. The highest BCUT2D eigenvalue weighted by atomic mass is 35.5. The Labute approximate surface area is 318 Å². The summed E-state index contributed by atoms with van der Waals surface area (Å²) in [5, 5.41) is 0.632. The summed E-state index contributed by atoms with van der Waals surface area (Å²) in [5.74, 6) is 1.23. The molecule has 8 heteroatoms. The fraction of sp³-hybridized carbons (Fsp3) is 0.289. The average molecular weight is 735 g/mol. The van der Waals surface area contributed by atoms with Gasteiger partial charge < -0.3 is 33.2 Å². The first-order chi connectivity index (χ1) is 26.0. The number of benzene rings is 5. The van der Waals surface area contributed by atoms with Gasteiger partial charge in [0.1, 0.15) is 36.6 Å². The van der Waals surface area contributed by atoms with Gasteiger partial charge >= 0.3 is 0 Å². The highest BCUT2D eigenvalue weighted by molar-refractivity contribution is 6.31. The lowest BCUT2D eigenvalue weighted by Gasteiger charge is -2.50. The number of rotatable bonds is 18. The summed E-state index contributed by atoms with van der Waals surface area (Å²) in [4.78, 5) is 0. The molecule has 7 nitrogen and oxygen atoms in total. The van der Waals surface area contributed by atoms with Crippen molar-refractivity contribution in [1.29, 1.82) is 0 Å². The minimum absolute atomic E-state index is 0.0408. The van der Waals surface area contributed by atoms with E-state index in [1.54, 1.807) is 7.11 Å². The molecule has 1 aliphatic rings. The van der Waals surface area contributed by atoms with E-state index >= 15 is 0 Å². The highest BCUT2D eigenvalue weighted by Gasteiger charge is 2.57. The summed E-state index contributed by atoms with van der Waals surface area (Å²) >= 11 is 6.90. The molecule has 0 N–H and O–H groups in total. The molecule has 0 saturated carbocycles. The zero-order valence-electron chi connectivity index (χ0n) is 30.3. The Morgan fingerprint density at radius 2 is 1.28 bits per heavy atom. The molecule has 5 aromatic carbocycles. The van der Waals surface area contributed by atoms with E-state index in [0.717, 1.165) is 39.1 Å². The van der Waals surface area contributed by atoms with Crippen molar-refractivity contribution in [2.75, 3.05) is 27.1 Å². The molecule has 1 fully saturated rings. The average Bonchev–Trinajstić information content (AvgIpc) is 3.19. The van der Waals surface area contributed by atoms with Crippen LogP contribution in [0, 0.1) is 0 Å². The van der Waals surface area contributed by atoms with E-state index in [0.29, 0.717) is 37.0 Å². The molecule has 0 bridgehead atoms. The summed E-state index contributed by atoms with van der Waals surface area (Å²) in [6.07, 6.45) is -1.50. The van der Waals surface area contributed by atoms with Crippen LogP contribution in [0.15, 0.2) is 146 Å². The number of hydrogen-bond donors (Lipinski definition) is 0. The molecular formula is C45H47ClO7. The molecule has 0 spiro atoms. The van der Waals surface area contributed by atoms with Gasteiger partial charge in [-0.3, -0.25) is 0 Å². The van der Waals surface area contributed by atoms with Crippen molar-refractivity contribution in [2.24, 2.45) is 0 Å². The molecule has 0 aliphatic carbocycles. The van der Waals surface area contributed by atoms with Crippen molar-refractivity contribution in [1.82, 2.24) is 0 Å². The van der Waals surface area contributed by atoms with E-state index in [1.165, 1.54) is 0 Å². The summed E-state index contributed by atoms with van der Waals surface area (Å²) in [5.41, 5.74) is 4.59. The molecular weight excluding hydrogens is 688 g/mol. The van der Waals surface area contributed by atoms with E-state index in [-0.39, 0.29) is 20.0 Å². The third kappa shape index (κ3) is 9.95. The van der Waals surface area contributed by atoms with Gasteiger partial charge in [0.25, 0.3) is 0 Å². The molecule has 4 atom stereocenters. The predicted molar refractivity (Wildman–Crippen MR) is 207 cm³/mol. The van der Waals surface area contributed by atoms with E-state index in [2.05, 4.69) is 24.8 Å². The van der Waals surface area contributed by atoms with Crippen LogP contribution in [0.5, 0.6) is 5.75 Å². The van der Waals surface area contributed by atoms with Crippen molar-refractivity contribution in [3.63, 3.8) is 0 Å². The third-order valence-corrected chi connectivity index (χ3v) is 9.57. The maximum Gasteiger partial charge on any atom is 0.185 e. The smallest absolute Gasteiger partial charge is 0.185 e. The van der Waals surface area contributed by atoms with Gasteiger partial charge in [-0.05, 0) is 65.4 Å². The second-order valence-corrected chi connectivity index (χ2v) is 13.4. The van der Waals surface area contributed by atoms with Crippen LogP contribution in [0.1, 0.15) is 40.3 Å². The highest BCUT2D eigenvalue weighted by Crippen LogP contribution is 2.45. The Hall–Kier alpha value is -4.47. The van der Waals surface area contributed by atoms with Crippen LogP contribution in [0.4, 0.5) is 0 Å². The molecule has 0 amide bonds. The van der Waals surface area contributed by atoms with Crippen LogP contribution in [-0.4, -0.2) is 45.4 Å². The molecule has 5 aromatic rings. The van der Waals surface area contributed by atoms with Gasteiger partial charge in [-0.1, -0.05) is 127 Å². The molecule has 0 unspecified atom stereocenters. The second-order valence-electron chi connectivity index (χ2n) is 13.0. The van der Waals surface area contributed by atoms with Crippen LogP contribution in [-0.2, 0) is 60.3 Å². The number of ether oxygens (including phenoxy) is 7. The summed E-state index contributed by atoms with van der Waals surface area (Å²) in [6, 6.07) is 44.1. The Bertz CT molecular complexity index is 1850. The Morgan fingerprint density at radius 1 is 0.698 bits per heavy atom. The Kier molecular flexibility index (Phi) is 13.7. The number of halogens is 1. The van der Waals surface area contributed by atoms with Gasteiger partial charge in [0.15, 0.2) is 5.60 Å². The van der Waals surface area contributed by atoms with Crippen LogP contribution in [0.25, 0.3) is 0 Å². The Morgan fingerprint density at radius 3 is 1.87 bits per heavy atom. The molecule has 276 valence electrons. The molecule has 0 radical (unpaired) electrons. The van der Waals surface area contributed by atoms with Crippen LogP contribution in [0.3, 0.4) is 0 Å². The van der Waals surface area contributed by atoms with Crippen LogP contribution in [0.2, 0.25) is 5.02 Å². The van der Waals surface area contributed by atoms with E-state index in [4.69, 9.17) is 44.8 Å². The van der Waals surface area contributed by atoms with E-state index in [1.807, 2.05) is 122 Å². The zero-order chi connectivity index (χ0) is 36.9. The second kappa shape index (κ2) is 19.0. The minimum atomic E-state index is -1.24. The van der Waals surface area contributed by atoms with Crippen LogP contribution >= 0.6 is 11.6 Å². The summed E-state index contributed by atoms with van der Waals surface area (Å²) < 4.78 is 44.8. The third-order valence-electron chi connectivity index (χ3n) is 9.20. The van der Waals surface area contributed by atoms with Crippen molar-refractivity contribution in [3.8, 4) is 5.75 Å². The lowest BCUT2D eigenvalue weighted by Crippen LogP contribution is -2.62. The first-order valence-corrected chi connectivity index (χ1v) is 18.3. The maximum absolute atomic E-state index is 7.01. The molecule has 1 aliphatic heterocycles. The van der Waals surface area contributed by atoms with Gasteiger partial charge in [0.2, 0.25) is 0 Å². The van der Waals surface area contributed by atoms with Gasteiger partial charge in [-0.2, -0.15) is 0 Å². The van der Waals surface area contributed by atoms with Gasteiger partial charge in [0, 0.05) is 17.7 Å². The SMILES string of the molecule is C=C1O[C@@](COCOC)(c2ccc(Cl)c(Cc3ccc(OCC)cc3)c2)[C@H](OCc2ccccc2)[C@@H](OCc2ccccc2)[C@@H]1OCc1ccccc1. The molecule has 1 heterocycles. The quantitative estimate of drug-likeness (QED) is 0.0657. The topological polar surface area (TPSA) is 64.6 Å². The van der Waals surface area contributed by atoms with Crippen LogP contribution < -0.4 is 4.74 Å². The first kappa shape index (κ1) is 38.3. The lowest BCUT2D eigenvalue weighted by molar-refractivity contribution is -0.271.